The molecular weight excluding hydrogens is 532 g/mol. The second-order valence-electron chi connectivity index (χ2n) is 9.01. The second-order valence-corrected chi connectivity index (χ2v) is 9.44. The summed E-state index contributed by atoms with van der Waals surface area (Å²) in [7, 11) is 3.13. The fourth-order valence-electron chi connectivity index (χ4n) is 4.67. The fourth-order valence-corrected chi connectivity index (χ4v) is 4.82. The van der Waals surface area contributed by atoms with Crippen molar-refractivity contribution in [1.29, 1.82) is 0 Å². The summed E-state index contributed by atoms with van der Waals surface area (Å²) in [4.78, 5) is 0. The molecule has 0 aliphatic rings. The lowest BCUT2D eigenvalue weighted by molar-refractivity contribution is -0.136. The highest BCUT2D eigenvalue weighted by molar-refractivity contribution is 6.30. The topological polar surface area (TPSA) is 36.3 Å². The van der Waals surface area contributed by atoms with E-state index in [9.17, 15) is 17.6 Å². The molecule has 1 heterocycles. The van der Waals surface area contributed by atoms with Crippen molar-refractivity contribution in [3.63, 3.8) is 0 Å². The second kappa shape index (κ2) is 10.6. The molecule has 0 aliphatic carbocycles. The Bertz CT molecular complexity index is 1660. The summed E-state index contributed by atoms with van der Waals surface area (Å²) in [5, 5.41) is 4.88. The molecule has 0 N–H and O–H groups in total. The van der Waals surface area contributed by atoms with Gasteiger partial charge in [-0.1, -0.05) is 54.1 Å². The molecule has 5 aromatic rings. The first-order chi connectivity index (χ1) is 18.7. The molecule has 0 aliphatic heterocycles. The Morgan fingerprint density at radius 3 is 2.31 bits per heavy atom. The van der Waals surface area contributed by atoms with Crippen LogP contribution < -0.4 is 9.47 Å². The van der Waals surface area contributed by atoms with Gasteiger partial charge in [0.25, 0.3) is 0 Å². The Balaban J connectivity index is 1.62. The van der Waals surface area contributed by atoms with Gasteiger partial charge in [0.15, 0.2) is 11.5 Å². The molecule has 0 amide bonds. The highest BCUT2D eigenvalue weighted by Crippen LogP contribution is 2.38. The molecular formula is C30H23ClF4N2O2. The maximum atomic E-state index is 14.7. The number of hydrogen-bond acceptors (Lipinski definition) is 3. The van der Waals surface area contributed by atoms with E-state index >= 15 is 0 Å². The lowest BCUT2D eigenvalue weighted by atomic mass is 9.99. The molecule has 0 spiro atoms. The van der Waals surface area contributed by atoms with Gasteiger partial charge in [-0.05, 0) is 53.9 Å². The minimum Gasteiger partial charge on any atom is -0.493 e. The molecule has 0 radical (unpaired) electrons. The number of halogens is 5. The monoisotopic (exact) mass is 554 g/mol. The molecule has 0 unspecified atom stereocenters. The molecule has 0 fully saturated rings. The maximum Gasteiger partial charge on any atom is 0.418 e. The minimum absolute atomic E-state index is 0.0791. The summed E-state index contributed by atoms with van der Waals surface area (Å²) in [5.41, 5.74) is 2.21. The van der Waals surface area contributed by atoms with E-state index in [1.807, 2.05) is 42.5 Å². The van der Waals surface area contributed by atoms with Crippen LogP contribution in [0.4, 0.5) is 17.6 Å². The van der Waals surface area contributed by atoms with Gasteiger partial charge >= 0.3 is 6.18 Å². The average Bonchev–Trinajstić information content (AvgIpc) is 3.27. The first-order valence-electron chi connectivity index (χ1n) is 12.0. The van der Waals surface area contributed by atoms with Gasteiger partial charge in [0.1, 0.15) is 11.3 Å². The van der Waals surface area contributed by atoms with Crippen molar-refractivity contribution in [2.24, 2.45) is 0 Å². The number of ether oxygens (including phenoxy) is 2. The number of benzene rings is 4. The van der Waals surface area contributed by atoms with E-state index in [2.05, 4.69) is 5.10 Å². The molecule has 9 heteroatoms. The van der Waals surface area contributed by atoms with Crippen LogP contribution >= 0.6 is 11.6 Å². The van der Waals surface area contributed by atoms with Crippen molar-refractivity contribution in [2.45, 2.75) is 19.1 Å². The van der Waals surface area contributed by atoms with Crippen LogP contribution in [-0.4, -0.2) is 24.0 Å². The largest absolute Gasteiger partial charge is 0.493 e. The van der Waals surface area contributed by atoms with Crippen LogP contribution in [0.1, 0.15) is 22.3 Å². The van der Waals surface area contributed by atoms with Crippen molar-refractivity contribution in [3.8, 4) is 22.8 Å². The lowest BCUT2D eigenvalue weighted by Crippen LogP contribution is -2.07. The third kappa shape index (κ3) is 5.43. The fraction of sp³-hybridized carbons (Fsp3) is 0.167. The Kier molecular flexibility index (Phi) is 7.23. The zero-order chi connectivity index (χ0) is 27.7. The molecule has 4 aromatic carbocycles. The minimum atomic E-state index is -4.60. The molecule has 200 valence electrons. The first-order valence-corrected chi connectivity index (χ1v) is 12.4. The Morgan fingerprint density at radius 2 is 1.59 bits per heavy atom. The van der Waals surface area contributed by atoms with Crippen LogP contribution in [-0.2, 0) is 19.1 Å². The number of aromatic nitrogens is 2. The van der Waals surface area contributed by atoms with Crippen molar-refractivity contribution in [3.05, 3.63) is 112 Å². The van der Waals surface area contributed by atoms with Crippen molar-refractivity contribution >= 4 is 22.5 Å². The Hall–Kier alpha value is -4.04. The van der Waals surface area contributed by atoms with Gasteiger partial charge in [-0.2, -0.15) is 18.3 Å². The summed E-state index contributed by atoms with van der Waals surface area (Å²) in [6.45, 7) is -0.0791. The molecule has 39 heavy (non-hydrogen) atoms. The van der Waals surface area contributed by atoms with E-state index < -0.39 is 17.6 Å². The van der Waals surface area contributed by atoms with E-state index in [-0.39, 0.29) is 22.6 Å². The third-order valence-corrected chi connectivity index (χ3v) is 6.70. The van der Waals surface area contributed by atoms with Crippen molar-refractivity contribution in [1.82, 2.24) is 9.78 Å². The number of alkyl halides is 3. The molecule has 0 atom stereocenters. The zero-order valence-electron chi connectivity index (χ0n) is 21.0. The van der Waals surface area contributed by atoms with Gasteiger partial charge in [-0.3, -0.25) is 4.68 Å². The standard InChI is InChI=1S/C30H23ClF4N2O2/c1-38-26-12-9-19(15-27(26)39-2)13-18-5-3-6-20(14-18)29-23-7-4-8-24(30(33,34)35)28(23)36-37(29)17-21-10-11-22(31)16-25(21)32/h3-12,14-16H,13,17H2,1-2H3. The molecule has 0 bridgehead atoms. The van der Waals surface area contributed by atoms with Crippen LogP contribution in [0, 0.1) is 5.82 Å². The molecule has 1 aromatic heterocycles. The highest BCUT2D eigenvalue weighted by atomic mass is 35.5. The number of fused-ring (bicyclic) bond motifs is 1. The van der Waals surface area contributed by atoms with E-state index in [1.165, 1.54) is 28.9 Å². The van der Waals surface area contributed by atoms with Gasteiger partial charge in [0, 0.05) is 21.5 Å². The molecule has 4 nitrogen and oxygen atoms in total. The SMILES string of the molecule is COc1ccc(Cc2cccc(-c3c4cccc(C(F)(F)F)c4nn3Cc3ccc(Cl)cc3F)c2)cc1OC. The van der Waals surface area contributed by atoms with E-state index in [0.717, 1.165) is 17.2 Å². The Morgan fingerprint density at radius 1 is 0.846 bits per heavy atom. The van der Waals surface area contributed by atoms with Crippen LogP contribution in [0.25, 0.3) is 22.2 Å². The lowest BCUT2D eigenvalue weighted by Gasteiger charge is -2.12. The van der Waals surface area contributed by atoms with Gasteiger partial charge in [0.2, 0.25) is 0 Å². The predicted molar refractivity (Wildman–Crippen MR) is 143 cm³/mol. The smallest absolute Gasteiger partial charge is 0.418 e. The van der Waals surface area contributed by atoms with E-state index in [0.29, 0.717) is 34.6 Å². The van der Waals surface area contributed by atoms with Gasteiger partial charge in [-0.25, -0.2) is 4.39 Å². The summed E-state index contributed by atoms with van der Waals surface area (Å²) in [6.07, 6.45) is -4.06. The van der Waals surface area contributed by atoms with E-state index in [1.54, 1.807) is 20.3 Å². The van der Waals surface area contributed by atoms with Crippen molar-refractivity contribution in [2.75, 3.05) is 14.2 Å². The van der Waals surface area contributed by atoms with Crippen LogP contribution in [0.5, 0.6) is 11.5 Å². The number of hydrogen-bond donors (Lipinski definition) is 0. The summed E-state index contributed by atoms with van der Waals surface area (Å²) < 4.78 is 68.5. The normalized spacial score (nSPS) is 11.7. The molecule has 5 rings (SSSR count). The zero-order valence-corrected chi connectivity index (χ0v) is 21.8. The average molecular weight is 555 g/mol. The van der Waals surface area contributed by atoms with Crippen LogP contribution in [0.2, 0.25) is 5.02 Å². The summed E-state index contributed by atoms with van der Waals surface area (Å²) in [5.74, 6) is 0.645. The highest BCUT2D eigenvalue weighted by Gasteiger charge is 2.34. The molecule has 0 saturated carbocycles. The summed E-state index contributed by atoms with van der Waals surface area (Å²) >= 11 is 5.90. The van der Waals surface area contributed by atoms with E-state index in [4.69, 9.17) is 21.1 Å². The molecule has 0 saturated heterocycles. The van der Waals surface area contributed by atoms with Crippen molar-refractivity contribution < 1.29 is 27.0 Å². The third-order valence-electron chi connectivity index (χ3n) is 6.47. The van der Waals surface area contributed by atoms with Gasteiger partial charge in [0.05, 0.1) is 32.0 Å². The number of rotatable bonds is 7. The van der Waals surface area contributed by atoms with Crippen LogP contribution in [0.3, 0.4) is 0 Å². The van der Waals surface area contributed by atoms with Gasteiger partial charge in [-0.15, -0.1) is 0 Å². The number of methoxy groups -OCH3 is 2. The maximum absolute atomic E-state index is 14.7. The quantitative estimate of drug-likeness (QED) is 0.190. The number of nitrogens with zero attached hydrogens (tertiary/aromatic N) is 2. The summed E-state index contributed by atoms with van der Waals surface area (Å²) in [6, 6.07) is 21.3. The first kappa shape index (κ1) is 26.6. The van der Waals surface area contributed by atoms with Crippen LogP contribution in [0.15, 0.2) is 78.9 Å². The predicted octanol–water partition coefficient (Wildman–Crippen LogP) is 8.17. The van der Waals surface area contributed by atoms with Gasteiger partial charge < -0.3 is 9.47 Å². The Labute approximate surface area is 227 Å².